The molecule has 0 aromatic carbocycles. The van der Waals surface area contributed by atoms with Crippen LogP contribution in [0.4, 0.5) is 0 Å². The fourth-order valence-corrected chi connectivity index (χ4v) is 1.97. The van der Waals surface area contributed by atoms with Crippen molar-refractivity contribution in [3.05, 3.63) is 0 Å². The van der Waals surface area contributed by atoms with Crippen molar-refractivity contribution in [1.29, 1.82) is 0 Å². The van der Waals surface area contributed by atoms with E-state index in [1.165, 1.54) is 0 Å². The van der Waals surface area contributed by atoms with Crippen LogP contribution in [0.25, 0.3) is 0 Å². The Labute approximate surface area is 98.6 Å². The molecule has 1 aliphatic heterocycles. The highest BCUT2D eigenvalue weighted by Crippen LogP contribution is 2.18. The van der Waals surface area contributed by atoms with E-state index in [0.29, 0.717) is 0 Å². The molecule has 0 spiro atoms. The zero-order valence-corrected chi connectivity index (χ0v) is 10.9. The quantitative estimate of drug-likeness (QED) is 0.725. The maximum atomic E-state index is 11.9. The van der Waals surface area contributed by atoms with Crippen LogP contribution in [0.3, 0.4) is 0 Å². The van der Waals surface area contributed by atoms with Crippen molar-refractivity contribution >= 4 is 5.91 Å². The standard InChI is InChI=1S/C12H25N3O/c1-12(2,3)10(13)11(16)14-9-6-5-7-15(4)8-9/h9-10H,5-8,13H2,1-4H3,(H,14,16)/t9?,10-/m1/s1. The molecule has 1 heterocycles. The molecule has 0 aliphatic carbocycles. The molecule has 1 aliphatic rings. The molecule has 2 atom stereocenters. The first-order valence-electron chi connectivity index (χ1n) is 6.05. The first kappa shape index (κ1) is 13.5. The SMILES string of the molecule is CN1CCCC(NC(=O)[C@@H](N)C(C)(C)C)C1. The van der Waals surface area contributed by atoms with E-state index in [0.717, 1.165) is 25.9 Å². The van der Waals surface area contributed by atoms with Gasteiger partial charge < -0.3 is 16.0 Å². The minimum Gasteiger partial charge on any atom is -0.351 e. The third kappa shape index (κ3) is 3.76. The van der Waals surface area contributed by atoms with Gasteiger partial charge in [-0.2, -0.15) is 0 Å². The van der Waals surface area contributed by atoms with Gasteiger partial charge in [-0.3, -0.25) is 4.79 Å². The van der Waals surface area contributed by atoms with Crippen LogP contribution in [0.5, 0.6) is 0 Å². The van der Waals surface area contributed by atoms with Gasteiger partial charge in [0.2, 0.25) is 5.91 Å². The zero-order valence-electron chi connectivity index (χ0n) is 10.9. The maximum absolute atomic E-state index is 11.9. The van der Waals surface area contributed by atoms with Crippen LogP contribution >= 0.6 is 0 Å². The lowest BCUT2D eigenvalue weighted by Crippen LogP contribution is -2.54. The summed E-state index contributed by atoms with van der Waals surface area (Å²) < 4.78 is 0. The summed E-state index contributed by atoms with van der Waals surface area (Å²) >= 11 is 0. The number of nitrogens with zero attached hydrogens (tertiary/aromatic N) is 1. The first-order chi connectivity index (χ1) is 7.30. The Hall–Kier alpha value is -0.610. The average Bonchev–Trinajstić information content (AvgIpc) is 2.15. The number of likely N-dealkylation sites (tertiary alicyclic amines) is 1. The van der Waals surface area contributed by atoms with E-state index in [1.807, 2.05) is 20.8 Å². The Morgan fingerprint density at radius 3 is 2.62 bits per heavy atom. The average molecular weight is 227 g/mol. The first-order valence-corrected chi connectivity index (χ1v) is 6.05. The van der Waals surface area contributed by atoms with Gasteiger partial charge in [-0.25, -0.2) is 0 Å². The molecule has 1 unspecified atom stereocenters. The van der Waals surface area contributed by atoms with Gasteiger partial charge in [0.05, 0.1) is 6.04 Å². The van der Waals surface area contributed by atoms with Gasteiger partial charge in [-0.05, 0) is 31.8 Å². The van der Waals surface area contributed by atoms with Crippen molar-refractivity contribution < 1.29 is 4.79 Å². The number of piperidine rings is 1. The molecule has 0 aromatic rings. The van der Waals surface area contributed by atoms with E-state index in [9.17, 15) is 4.79 Å². The van der Waals surface area contributed by atoms with E-state index in [1.54, 1.807) is 0 Å². The van der Waals surface area contributed by atoms with Crippen molar-refractivity contribution in [2.75, 3.05) is 20.1 Å². The molecule has 4 nitrogen and oxygen atoms in total. The largest absolute Gasteiger partial charge is 0.351 e. The van der Waals surface area contributed by atoms with Gasteiger partial charge >= 0.3 is 0 Å². The topological polar surface area (TPSA) is 58.4 Å². The fourth-order valence-electron chi connectivity index (χ4n) is 1.97. The second-order valence-corrected chi connectivity index (χ2v) is 5.95. The lowest BCUT2D eigenvalue weighted by atomic mass is 9.86. The Kier molecular flexibility index (Phi) is 4.33. The Bertz CT molecular complexity index is 247. The molecule has 1 amide bonds. The second-order valence-electron chi connectivity index (χ2n) is 5.95. The van der Waals surface area contributed by atoms with Crippen LogP contribution in [0.15, 0.2) is 0 Å². The molecule has 3 N–H and O–H groups in total. The maximum Gasteiger partial charge on any atom is 0.237 e. The predicted octanol–water partition coefficient (Wildman–Crippen LogP) is 0.570. The molecule has 0 bridgehead atoms. The smallest absolute Gasteiger partial charge is 0.237 e. The van der Waals surface area contributed by atoms with E-state index in [-0.39, 0.29) is 17.4 Å². The highest BCUT2D eigenvalue weighted by Gasteiger charge is 2.29. The van der Waals surface area contributed by atoms with Gasteiger partial charge in [0.1, 0.15) is 0 Å². The Morgan fingerprint density at radius 2 is 2.12 bits per heavy atom. The monoisotopic (exact) mass is 227 g/mol. The number of likely N-dealkylation sites (N-methyl/N-ethyl adjacent to an activating group) is 1. The summed E-state index contributed by atoms with van der Waals surface area (Å²) in [6, 6.07) is -0.167. The normalized spacial score (nSPS) is 25.2. The lowest BCUT2D eigenvalue weighted by Gasteiger charge is -2.33. The summed E-state index contributed by atoms with van der Waals surface area (Å²) in [6.07, 6.45) is 2.21. The molecule has 0 saturated carbocycles. The summed E-state index contributed by atoms with van der Waals surface area (Å²) in [6.45, 7) is 8.03. The highest BCUT2D eigenvalue weighted by atomic mass is 16.2. The van der Waals surface area contributed by atoms with Crippen LogP contribution in [0.1, 0.15) is 33.6 Å². The Balaban J connectivity index is 2.45. The Morgan fingerprint density at radius 1 is 1.50 bits per heavy atom. The molecule has 0 radical (unpaired) electrons. The number of hydrogen-bond donors (Lipinski definition) is 2. The number of carbonyl (C=O) groups is 1. The molecule has 1 rings (SSSR count). The third-order valence-corrected chi connectivity index (χ3v) is 3.19. The number of rotatable bonds is 2. The van der Waals surface area contributed by atoms with Crippen LogP contribution < -0.4 is 11.1 Å². The number of nitrogens with one attached hydrogen (secondary N) is 1. The van der Waals surface area contributed by atoms with Crippen LogP contribution in [0.2, 0.25) is 0 Å². The molecule has 1 fully saturated rings. The number of amides is 1. The number of nitrogens with two attached hydrogens (primary N) is 1. The number of hydrogen-bond acceptors (Lipinski definition) is 3. The summed E-state index contributed by atoms with van der Waals surface area (Å²) in [5.41, 5.74) is 5.74. The minimum absolute atomic E-state index is 0.0206. The molecule has 94 valence electrons. The highest BCUT2D eigenvalue weighted by molar-refractivity contribution is 5.82. The molecule has 1 saturated heterocycles. The van der Waals surface area contributed by atoms with E-state index >= 15 is 0 Å². The van der Waals surface area contributed by atoms with Crippen molar-refractivity contribution in [2.45, 2.75) is 45.7 Å². The second kappa shape index (κ2) is 5.15. The number of carbonyl (C=O) groups excluding carboxylic acids is 1. The molecule has 0 aromatic heterocycles. The van der Waals surface area contributed by atoms with Crippen molar-refractivity contribution in [2.24, 2.45) is 11.1 Å². The van der Waals surface area contributed by atoms with Crippen molar-refractivity contribution in [1.82, 2.24) is 10.2 Å². The van der Waals surface area contributed by atoms with E-state index < -0.39 is 6.04 Å². The molecule has 4 heteroatoms. The molecular formula is C12H25N3O. The van der Waals surface area contributed by atoms with Gasteiger partial charge in [0.15, 0.2) is 0 Å². The fraction of sp³-hybridized carbons (Fsp3) is 0.917. The molecular weight excluding hydrogens is 202 g/mol. The third-order valence-electron chi connectivity index (χ3n) is 3.19. The van der Waals surface area contributed by atoms with E-state index in [4.69, 9.17) is 5.73 Å². The summed E-state index contributed by atoms with van der Waals surface area (Å²) in [5, 5.41) is 3.05. The molecule has 16 heavy (non-hydrogen) atoms. The van der Waals surface area contributed by atoms with Crippen LogP contribution in [-0.4, -0.2) is 43.0 Å². The van der Waals surface area contributed by atoms with Gasteiger partial charge in [-0.15, -0.1) is 0 Å². The summed E-state index contributed by atoms with van der Waals surface area (Å²) in [4.78, 5) is 14.2. The van der Waals surface area contributed by atoms with Crippen molar-refractivity contribution in [3.63, 3.8) is 0 Å². The van der Waals surface area contributed by atoms with Crippen molar-refractivity contribution in [3.8, 4) is 0 Å². The van der Waals surface area contributed by atoms with Crippen LogP contribution in [-0.2, 0) is 4.79 Å². The van der Waals surface area contributed by atoms with Gasteiger partial charge in [0.25, 0.3) is 0 Å². The van der Waals surface area contributed by atoms with Gasteiger partial charge in [0, 0.05) is 12.6 Å². The zero-order chi connectivity index (χ0) is 12.3. The summed E-state index contributed by atoms with van der Waals surface area (Å²) in [5.74, 6) is -0.0206. The summed E-state index contributed by atoms with van der Waals surface area (Å²) in [7, 11) is 2.09. The van der Waals surface area contributed by atoms with E-state index in [2.05, 4.69) is 17.3 Å². The lowest BCUT2D eigenvalue weighted by molar-refractivity contribution is -0.125. The minimum atomic E-state index is -0.431. The predicted molar refractivity (Wildman–Crippen MR) is 66.1 cm³/mol. The van der Waals surface area contributed by atoms with Crippen LogP contribution in [0, 0.1) is 5.41 Å². The van der Waals surface area contributed by atoms with Gasteiger partial charge in [-0.1, -0.05) is 20.8 Å².